The molecule has 0 aromatic carbocycles. The standard InChI is InChI=1S/C17H33N/c1-5-14(6-2)10-17(12-18-13(3)4)11-15-7-8-16(17)9-15/h13-16,18H,5-12H2,1-4H3. The van der Waals surface area contributed by atoms with E-state index in [0.29, 0.717) is 11.5 Å². The third kappa shape index (κ3) is 2.92. The highest BCUT2D eigenvalue weighted by atomic mass is 14.9. The largest absolute Gasteiger partial charge is 0.314 e. The first-order valence-corrected chi connectivity index (χ1v) is 8.33. The van der Waals surface area contributed by atoms with Crippen molar-refractivity contribution in [3.8, 4) is 0 Å². The van der Waals surface area contributed by atoms with Crippen molar-refractivity contribution in [1.29, 1.82) is 0 Å². The van der Waals surface area contributed by atoms with Crippen molar-refractivity contribution >= 4 is 0 Å². The first-order valence-electron chi connectivity index (χ1n) is 8.33. The SMILES string of the molecule is CCC(CC)CC1(CNC(C)C)CC2CCC1C2. The fourth-order valence-electron chi connectivity index (χ4n) is 4.66. The van der Waals surface area contributed by atoms with Gasteiger partial charge in [0.25, 0.3) is 0 Å². The van der Waals surface area contributed by atoms with Crippen molar-refractivity contribution in [3.05, 3.63) is 0 Å². The summed E-state index contributed by atoms with van der Waals surface area (Å²) in [4.78, 5) is 0. The Morgan fingerprint density at radius 3 is 2.33 bits per heavy atom. The Morgan fingerprint density at radius 2 is 1.89 bits per heavy atom. The van der Waals surface area contributed by atoms with E-state index in [2.05, 4.69) is 33.0 Å². The number of hydrogen-bond donors (Lipinski definition) is 1. The lowest BCUT2D eigenvalue weighted by Gasteiger charge is -2.41. The van der Waals surface area contributed by atoms with Gasteiger partial charge in [-0.2, -0.15) is 0 Å². The van der Waals surface area contributed by atoms with Crippen molar-refractivity contribution in [2.75, 3.05) is 6.54 Å². The highest BCUT2D eigenvalue weighted by molar-refractivity contribution is 5.02. The van der Waals surface area contributed by atoms with E-state index >= 15 is 0 Å². The molecule has 3 atom stereocenters. The molecule has 2 fully saturated rings. The summed E-state index contributed by atoms with van der Waals surface area (Å²) in [5, 5.41) is 3.77. The maximum absolute atomic E-state index is 3.77. The molecule has 0 saturated heterocycles. The first-order chi connectivity index (χ1) is 8.59. The Balaban J connectivity index is 2.03. The molecule has 18 heavy (non-hydrogen) atoms. The molecular weight excluding hydrogens is 218 g/mol. The van der Waals surface area contributed by atoms with Gasteiger partial charge in [0.1, 0.15) is 0 Å². The van der Waals surface area contributed by atoms with Crippen molar-refractivity contribution in [3.63, 3.8) is 0 Å². The quantitative estimate of drug-likeness (QED) is 0.696. The van der Waals surface area contributed by atoms with Crippen LogP contribution < -0.4 is 5.32 Å². The van der Waals surface area contributed by atoms with E-state index in [1.54, 1.807) is 6.42 Å². The molecule has 1 N–H and O–H groups in total. The predicted molar refractivity (Wildman–Crippen MR) is 79.7 cm³/mol. The molecule has 1 nitrogen and oxygen atoms in total. The van der Waals surface area contributed by atoms with Crippen LogP contribution in [0.2, 0.25) is 0 Å². The zero-order valence-electron chi connectivity index (χ0n) is 13.0. The van der Waals surface area contributed by atoms with Crippen LogP contribution in [0.3, 0.4) is 0 Å². The summed E-state index contributed by atoms with van der Waals surface area (Å²) in [7, 11) is 0. The lowest BCUT2D eigenvalue weighted by molar-refractivity contribution is 0.110. The van der Waals surface area contributed by atoms with E-state index < -0.39 is 0 Å². The number of hydrogen-bond acceptors (Lipinski definition) is 1. The molecule has 2 rings (SSSR count). The normalized spacial score (nSPS) is 35.0. The van der Waals surface area contributed by atoms with Gasteiger partial charge in [-0.1, -0.05) is 47.0 Å². The van der Waals surface area contributed by atoms with Gasteiger partial charge in [-0.3, -0.25) is 0 Å². The van der Waals surface area contributed by atoms with Crippen LogP contribution in [0, 0.1) is 23.2 Å². The zero-order chi connectivity index (χ0) is 13.2. The van der Waals surface area contributed by atoms with Gasteiger partial charge in [0.2, 0.25) is 0 Å². The second-order valence-corrected chi connectivity index (χ2v) is 7.36. The van der Waals surface area contributed by atoms with Crippen molar-refractivity contribution in [2.45, 2.75) is 78.7 Å². The van der Waals surface area contributed by atoms with E-state index in [1.807, 2.05) is 0 Å². The summed E-state index contributed by atoms with van der Waals surface area (Å²) in [6, 6.07) is 0.641. The van der Waals surface area contributed by atoms with Crippen LogP contribution in [0.5, 0.6) is 0 Å². The number of nitrogens with one attached hydrogen (secondary N) is 1. The smallest absolute Gasteiger partial charge is 0.00130 e. The Labute approximate surface area is 114 Å². The van der Waals surface area contributed by atoms with Crippen LogP contribution in [-0.2, 0) is 0 Å². The molecule has 0 aromatic rings. The molecule has 3 unspecified atom stereocenters. The minimum atomic E-state index is 0.641. The molecule has 0 aromatic heterocycles. The van der Waals surface area contributed by atoms with Gasteiger partial charge in [-0.15, -0.1) is 0 Å². The van der Waals surface area contributed by atoms with Crippen molar-refractivity contribution in [1.82, 2.24) is 5.32 Å². The van der Waals surface area contributed by atoms with Crippen LogP contribution in [0.1, 0.15) is 72.6 Å². The highest BCUT2D eigenvalue weighted by Crippen LogP contribution is 2.58. The van der Waals surface area contributed by atoms with Gasteiger partial charge in [-0.25, -0.2) is 0 Å². The zero-order valence-corrected chi connectivity index (χ0v) is 13.0. The molecular formula is C17H33N. The van der Waals surface area contributed by atoms with Crippen LogP contribution in [-0.4, -0.2) is 12.6 Å². The lowest BCUT2D eigenvalue weighted by atomic mass is 9.67. The van der Waals surface area contributed by atoms with Gasteiger partial charge in [-0.05, 0) is 48.9 Å². The van der Waals surface area contributed by atoms with Gasteiger partial charge < -0.3 is 5.32 Å². The third-order valence-electron chi connectivity index (χ3n) is 5.81. The maximum Gasteiger partial charge on any atom is 0.00130 e. The van der Waals surface area contributed by atoms with Gasteiger partial charge in [0.05, 0.1) is 0 Å². The predicted octanol–water partition coefficient (Wildman–Crippen LogP) is 4.62. The molecule has 0 aliphatic heterocycles. The van der Waals surface area contributed by atoms with Crippen molar-refractivity contribution < 1.29 is 0 Å². The fourth-order valence-corrected chi connectivity index (χ4v) is 4.66. The molecule has 2 bridgehead atoms. The molecule has 2 saturated carbocycles. The van der Waals surface area contributed by atoms with E-state index in [9.17, 15) is 0 Å². The summed E-state index contributed by atoms with van der Waals surface area (Å²) in [6.07, 6.45) is 10.3. The minimum absolute atomic E-state index is 0.641. The molecule has 106 valence electrons. The van der Waals surface area contributed by atoms with Gasteiger partial charge in [0.15, 0.2) is 0 Å². The van der Waals surface area contributed by atoms with Crippen LogP contribution in [0.25, 0.3) is 0 Å². The molecule has 0 amide bonds. The average Bonchev–Trinajstić information content (AvgIpc) is 2.94. The summed E-state index contributed by atoms with van der Waals surface area (Å²) >= 11 is 0. The highest BCUT2D eigenvalue weighted by Gasteiger charge is 2.50. The molecule has 0 heterocycles. The molecule has 0 spiro atoms. The number of rotatable bonds is 7. The van der Waals surface area contributed by atoms with Crippen LogP contribution in [0.15, 0.2) is 0 Å². The van der Waals surface area contributed by atoms with Crippen LogP contribution in [0.4, 0.5) is 0 Å². The summed E-state index contributed by atoms with van der Waals surface area (Å²) in [6.45, 7) is 10.6. The Bertz CT molecular complexity index is 256. The first kappa shape index (κ1) is 14.4. The second kappa shape index (κ2) is 5.94. The lowest BCUT2D eigenvalue weighted by Crippen LogP contribution is -2.42. The summed E-state index contributed by atoms with van der Waals surface area (Å²) < 4.78 is 0. The average molecular weight is 251 g/mol. The summed E-state index contributed by atoms with van der Waals surface area (Å²) in [5.74, 6) is 3.06. The van der Waals surface area contributed by atoms with E-state index in [0.717, 1.165) is 17.8 Å². The fraction of sp³-hybridized carbons (Fsp3) is 1.00. The molecule has 1 heteroatoms. The van der Waals surface area contributed by atoms with Gasteiger partial charge in [0, 0.05) is 12.6 Å². The van der Waals surface area contributed by atoms with E-state index in [1.165, 1.54) is 45.1 Å². The topological polar surface area (TPSA) is 12.0 Å². The van der Waals surface area contributed by atoms with Gasteiger partial charge >= 0.3 is 0 Å². The van der Waals surface area contributed by atoms with Crippen molar-refractivity contribution in [2.24, 2.45) is 23.2 Å². The Morgan fingerprint density at radius 1 is 1.17 bits per heavy atom. The molecule has 0 radical (unpaired) electrons. The Kier molecular flexibility index (Phi) is 4.75. The summed E-state index contributed by atoms with van der Waals surface area (Å²) in [5.41, 5.74) is 0.657. The third-order valence-corrected chi connectivity index (χ3v) is 5.81. The maximum atomic E-state index is 3.77. The molecule has 2 aliphatic carbocycles. The van der Waals surface area contributed by atoms with E-state index in [4.69, 9.17) is 0 Å². The number of fused-ring (bicyclic) bond motifs is 2. The second-order valence-electron chi connectivity index (χ2n) is 7.36. The van der Waals surface area contributed by atoms with E-state index in [-0.39, 0.29) is 0 Å². The monoisotopic (exact) mass is 251 g/mol. The minimum Gasteiger partial charge on any atom is -0.314 e. The molecule has 2 aliphatic rings. The van der Waals surface area contributed by atoms with Crippen LogP contribution >= 0.6 is 0 Å². The Hall–Kier alpha value is -0.0400.